The number of hydrogen-bond donors (Lipinski definition) is 4. The first-order valence-corrected chi connectivity index (χ1v) is 12.8. The molecule has 0 saturated carbocycles. The van der Waals surface area contributed by atoms with Crippen LogP contribution in [0.5, 0.6) is 0 Å². The molecule has 37 heavy (non-hydrogen) atoms. The number of hydroxylamine groups is 1. The second kappa shape index (κ2) is 15.8. The van der Waals surface area contributed by atoms with Crippen molar-refractivity contribution in [2.45, 2.75) is 52.5 Å². The van der Waals surface area contributed by atoms with Crippen LogP contribution in [-0.4, -0.2) is 71.9 Å². The van der Waals surface area contributed by atoms with E-state index in [1.807, 2.05) is 75.2 Å². The molecule has 1 unspecified atom stereocenters. The summed E-state index contributed by atoms with van der Waals surface area (Å²) < 4.78 is 0. The number of piperazine rings is 1. The minimum atomic E-state index is -1.37. The van der Waals surface area contributed by atoms with Crippen molar-refractivity contribution in [1.82, 2.24) is 20.7 Å². The number of nitrogens with two attached hydrogens (primary N) is 1. The van der Waals surface area contributed by atoms with Gasteiger partial charge in [0, 0.05) is 26.2 Å². The summed E-state index contributed by atoms with van der Waals surface area (Å²) in [7, 11) is 2.01. The summed E-state index contributed by atoms with van der Waals surface area (Å²) in [6.45, 7) is 8.45. The molecule has 0 aliphatic carbocycles. The van der Waals surface area contributed by atoms with E-state index < -0.39 is 29.2 Å². The number of Topliss-reactive ketones (excluding diaryl/α,β-unsaturated/α-hetero) is 1. The standard InChI is InChI=1S/C27H43N5O4.ClH/c1-5-14-27(19-20(2)3,26(35)29-28)24(33)23(32-17-15-31(4)16-18-32)22(25(34)30-36)13-9-12-21-10-7-6-8-11-21;/h6-12,20,22-23,36H,5,13-19,28H2,1-4H3,(H,29,35)(H,30,34);1H/b12-9+;/t22-,23+,27?;/m0./s1. The van der Waals surface area contributed by atoms with Gasteiger partial charge in [-0.25, -0.2) is 11.3 Å². The molecule has 9 nitrogen and oxygen atoms in total. The van der Waals surface area contributed by atoms with Gasteiger partial charge in [-0.2, -0.15) is 0 Å². The van der Waals surface area contributed by atoms with Crippen LogP contribution in [0.4, 0.5) is 0 Å². The zero-order valence-corrected chi connectivity index (χ0v) is 23.3. The Bertz CT molecular complexity index is 890. The molecule has 2 rings (SSSR count). The number of nitrogens with one attached hydrogen (secondary N) is 2. The second-order valence-electron chi connectivity index (χ2n) is 10.2. The van der Waals surface area contributed by atoms with Gasteiger partial charge in [0.25, 0.3) is 0 Å². The summed E-state index contributed by atoms with van der Waals surface area (Å²) in [5.74, 6) is 3.28. The number of carbonyl (C=O) groups is 3. The van der Waals surface area contributed by atoms with Crippen LogP contribution in [-0.2, 0) is 14.4 Å². The van der Waals surface area contributed by atoms with Crippen LogP contribution >= 0.6 is 12.4 Å². The van der Waals surface area contributed by atoms with Crippen molar-refractivity contribution < 1.29 is 19.6 Å². The maximum absolute atomic E-state index is 14.5. The predicted octanol–water partition coefficient (Wildman–Crippen LogP) is 2.64. The number of ketones is 1. The minimum absolute atomic E-state index is 0. The van der Waals surface area contributed by atoms with Crippen LogP contribution in [0, 0.1) is 17.3 Å². The molecule has 1 saturated heterocycles. The second-order valence-corrected chi connectivity index (χ2v) is 10.2. The van der Waals surface area contributed by atoms with E-state index in [0.717, 1.165) is 18.7 Å². The fourth-order valence-electron chi connectivity index (χ4n) is 5.27. The first kappa shape index (κ1) is 32.7. The zero-order valence-electron chi connectivity index (χ0n) is 22.5. The smallest absolute Gasteiger partial charge is 0.248 e. The van der Waals surface area contributed by atoms with Gasteiger partial charge in [0.15, 0.2) is 5.78 Å². The van der Waals surface area contributed by atoms with Crippen LogP contribution in [0.2, 0.25) is 0 Å². The molecule has 3 atom stereocenters. The molecule has 1 heterocycles. The highest BCUT2D eigenvalue weighted by Gasteiger charge is 2.52. The number of hydrogen-bond acceptors (Lipinski definition) is 7. The highest BCUT2D eigenvalue weighted by atomic mass is 35.5. The van der Waals surface area contributed by atoms with E-state index in [2.05, 4.69) is 10.3 Å². The number of rotatable bonds is 13. The van der Waals surface area contributed by atoms with Gasteiger partial charge in [-0.05, 0) is 37.8 Å². The van der Waals surface area contributed by atoms with Crippen LogP contribution < -0.4 is 16.7 Å². The van der Waals surface area contributed by atoms with Gasteiger partial charge in [-0.3, -0.25) is 29.9 Å². The maximum atomic E-state index is 14.5. The van der Waals surface area contributed by atoms with E-state index in [-0.39, 0.29) is 30.5 Å². The third-order valence-electron chi connectivity index (χ3n) is 7.00. The average Bonchev–Trinajstić information content (AvgIpc) is 2.87. The van der Waals surface area contributed by atoms with Crippen LogP contribution in [0.1, 0.15) is 52.0 Å². The van der Waals surface area contributed by atoms with Crippen molar-refractivity contribution in [3.05, 3.63) is 42.0 Å². The summed E-state index contributed by atoms with van der Waals surface area (Å²) in [6.07, 6.45) is 5.21. The number of benzene rings is 1. The minimum Gasteiger partial charge on any atom is -0.304 e. The first-order chi connectivity index (χ1) is 17.2. The quantitative estimate of drug-likeness (QED) is 0.100. The topological polar surface area (TPSA) is 128 Å². The Morgan fingerprint density at radius 1 is 1.14 bits per heavy atom. The van der Waals surface area contributed by atoms with Crippen LogP contribution in [0.25, 0.3) is 6.08 Å². The summed E-state index contributed by atoms with van der Waals surface area (Å²) in [5.41, 5.74) is 3.61. The lowest BCUT2D eigenvalue weighted by molar-refractivity contribution is -0.153. The van der Waals surface area contributed by atoms with E-state index in [0.29, 0.717) is 32.4 Å². The van der Waals surface area contributed by atoms with Crippen molar-refractivity contribution >= 4 is 36.1 Å². The van der Waals surface area contributed by atoms with Gasteiger partial charge in [0.05, 0.1) is 12.0 Å². The zero-order chi connectivity index (χ0) is 26.7. The number of nitrogens with zero attached hydrogens (tertiary/aromatic N) is 2. The highest BCUT2D eigenvalue weighted by Crippen LogP contribution is 2.38. The van der Waals surface area contributed by atoms with Gasteiger partial charge in [-0.15, -0.1) is 12.4 Å². The van der Waals surface area contributed by atoms with E-state index in [4.69, 9.17) is 5.84 Å². The molecular formula is C27H44ClN5O4. The molecule has 0 bridgehead atoms. The Morgan fingerprint density at radius 3 is 2.27 bits per heavy atom. The van der Waals surface area contributed by atoms with Crippen molar-refractivity contribution in [3.63, 3.8) is 0 Å². The van der Waals surface area contributed by atoms with Gasteiger partial charge < -0.3 is 4.90 Å². The largest absolute Gasteiger partial charge is 0.304 e. The Morgan fingerprint density at radius 2 is 1.76 bits per heavy atom. The van der Waals surface area contributed by atoms with E-state index in [1.165, 1.54) is 0 Å². The molecule has 0 radical (unpaired) electrons. The molecule has 1 aliphatic rings. The van der Waals surface area contributed by atoms with Gasteiger partial charge in [-0.1, -0.05) is 69.7 Å². The molecule has 10 heteroatoms. The molecular weight excluding hydrogens is 494 g/mol. The van der Waals surface area contributed by atoms with E-state index in [1.54, 1.807) is 5.48 Å². The Hall–Kier alpha value is -2.30. The average molecular weight is 538 g/mol. The molecule has 1 aliphatic heterocycles. The van der Waals surface area contributed by atoms with Crippen LogP contribution in [0.3, 0.4) is 0 Å². The molecule has 1 aromatic carbocycles. The Kier molecular flexibility index (Phi) is 14.0. The third-order valence-corrected chi connectivity index (χ3v) is 7.00. The van der Waals surface area contributed by atoms with E-state index >= 15 is 0 Å². The summed E-state index contributed by atoms with van der Waals surface area (Å²) in [5, 5.41) is 9.64. The molecule has 0 spiro atoms. The van der Waals surface area contributed by atoms with Gasteiger partial charge in [0.1, 0.15) is 5.41 Å². The molecule has 1 aromatic rings. The van der Waals surface area contributed by atoms with E-state index in [9.17, 15) is 19.6 Å². The number of allylic oxidation sites excluding steroid dienone is 1. The molecule has 2 amide bonds. The number of likely N-dealkylation sites (N-methyl/N-ethyl adjacent to an activating group) is 1. The van der Waals surface area contributed by atoms with Crippen molar-refractivity contribution in [1.29, 1.82) is 0 Å². The number of carbonyl (C=O) groups excluding carboxylic acids is 3. The summed E-state index contributed by atoms with van der Waals surface area (Å²) in [4.78, 5) is 45.0. The van der Waals surface area contributed by atoms with Gasteiger partial charge in [0.2, 0.25) is 11.8 Å². The highest BCUT2D eigenvalue weighted by molar-refractivity contribution is 6.09. The lowest BCUT2D eigenvalue weighted by atomic mass is 9.68. The summed E-state index contributed by atoms with van der Waals surface area (Å²) >= 11 is 0. The monoisotopic (exact) mass is 537 g/mol. The van der Waals surface area contributed by atoms with Gasteiger partial charge >= 0.3 is 0 Å². The summed E-state index contributed by atoms with van der Waals surface area (Å²) in [6, 6.07) is 8.76. The third kappa shape index (κ3) is 8.61. The van der Waals surface area contributed by atoms with Crippen molar-refractivity contribution in [2.75, 3.05) is 33.2 Å². The lowest BCUT2D eigenvalue weighted by Gasteiger charge is -2.44. The SMILES string of the molecule is CCCC(CC(C)C)(C(=O)NN)C(=O)[C@@H]([C@H](C/C=C/c1ccccc1)C(=O)NO)N1CCN(C)CC1.Cl. The first-order valence-electron chi connectivity index (χ1n) is 12.8. The Balaban J connectivity index is 0.00000684. The normalized spacial score (nSPS) is 18.0. The molecule has 1 fully saturated rings. The van der Waals surface area contributed by atoms with Crippen molar-refractivity contribution in [2.24, 2.45) is 23.1 Å². The van der Waals surface area contributed by atoms with Crippen LogP contribution in [0.15, 0.2) is 36.4 Å². The lowest BCUT2D eigenvalue weighted by Crippen LogP contribution is -2.62. The predicted molar refractivity (Wildman–Crippen MR) is 148 cm³/mol. The fraction of sp³-hybridized carbons (Fsp3) is 0.593. The number of amides is 2. The number of hydrazine groups is 1. The Labute approximate surface area is 227 Å². The number of halogens is 1. The molecule has 208 valence electrons. The fourth-order valence-corrected chi connectivity index (χ4v) is 5.27. The van der Waals surface area contributed by atoms with Crippen molar-refractivity contribution in [3.8, 4) is 0 Å². The maximum Gasteiger partial charge on any atom is 0.248 e. The molecule has 5 N–H and O–H groups in total. The molecule has 0 aromatic heterocycles.